The molecule has 1 aromatic heterocycles. The molecule has 5 nitrogen and oxygen atoms in total. The van der Waals surface area contributed by atoms with Gasteiger partial charge in [-0.2, -0.15) is 0 Å². The zero-order valence-electron chi connectivity index (χ0n) is 12.1. The third-order valence-electron chi connectivity index (χ3n) is 3.23. The van der Waals surface area contributed by atoms with Gasteiger partial charge in [-0.1, -0.05) is 6.92 Å². The van der Waals surface area contributed by atoms with Crippen LogP contribution in [0, 0.1) is 0 Å². The van der Waals surface area contributed by atoms with E-state index in [0.717, 1.165) is 48.0 Å². The van der Waals surface area contributed by atoms with Crippen LogP contribution in [0.3, 0.4) is 0 Å². The van der Waals surface area contributed by atoms with Gasteiger partial charge in [-0.25, -0.2) is 4.98 Å². The van der Waals surface area contributed by atoms with Crippen LogP contribution in [0.1, 0.15) is 19.8 Å². The van der Waals surface area contributed by atoms with Crippen molar-refractivity contribution in [3.8, 4) is 22.8 Å². The van der Waals surface area contributed by atoms with Gasteiger partial charge in [0.15, 0.2) is 11.5 Å². The molecule has 110 valence electrons. The van der Waals surface area contributed by atoms with E-state index in [4.69, 9.17) is 9.47 Å². The SMILES string of the molecule is CCCNc1cncc(-c2ccc3c(c2)OCCCO3)n1. The Morgan fingerprint density at radius 2 is 2.00 bits per heavy atom. The fraction of sp³-hybridized carbons (Fsp3) is 0.375. The second-order valence-electron chi connectivity index (χ2n) is 4.93. The van der Waals surface area contributed by atoms with Crippen molar-refractivity contribution in [3.63, 3.8) is 0 Å². The van der Waals surface area contributed by atoms with Crippen LogP contribution in [0.25, 0.3) is 11.3 Å². The van der Waals surface area contributed by atoms with Crippen LogP contribution in [0.5, 0.6) is 11.5 Å². The highest BCUT2D eigenvalue weighted by Gasteiger charge is 2.12. The average molecular weight is 285 g/mol. The molecule has 5 heteroatoms. The molecular formula is C16H19N3O2. The standard InChI is InChI=1S/C16H19N3O2/c1-2-6-18-16-11-17-10-13(19-16)12-4-5-14-15(9-12)21-8-3-7-20-14/h4-5,9-11H,2-3,6-8H2,1H3,(H,18,19). The summed E-state index contributed by atoms with van der Waals surface area (Å²) < 4.78 is 11.4. The Labute approximate surface area is 124 Å². The molecule has 1 aliphatic heterocycles. The molecule has 3 rings (SSSR count). The Kier molecular flexibility index (Phi) is 4.19. The lowest BCUT2D eigenvalue weighted by molar-refractivity contribution is 0.297. The molecule has 0 amide bonds. The summed E-state index contributed by atoms with van der Waals surface area (Å²) in [7, 11) is 0. The molecule has 0 bridgehead atoms. The Balaban J connectivity index is 1.88. The normalized spacial score (nSPS) is 13.6. The van der Waals surface area contributed by atoms with Crippen molar-refractivity contribution in [1.29, 1.82) is 0 Å². The van der Waals surface area contributed by atoms with Crippen molar-refractivity contribution in [1.82, 2.24) is 9.97 Å². The molecule has 1 aromatic carbocycles. The highest BCUT2D eigenvalue weighted by molar-refractivity contribution is 5.64. The van der Waals surface area contributed by atoms with Crippen LogP contribution in [0.4, 0.5) is 5.82 Å². The summed E-state index contributed by atoms with van der Waals surface area (Å²) in [6, 6.07) is 5.89. The molecule has 0 saturated heterocycles. The zero-order chi connectivity index (χ0) is 14.5. The molecule has 0 radical (unpaired) electrons. The number of benzene rings is 1. The first-order valence-electron chi connectivity index (χ1n) is 7.33. The highest BCUT2D eigenvalue weighted by atomic mass is 16.5. The molecule has 21 heavy (non-hydrogen) atoms. The lowest BCUT2D eigenvalue weighted by atomic mass is 10.1. The monoisotopic (exact) mass is 285 g/mol. The van der Waals surface area contributed by atoms with Crippen LogP contribution in [-0.2, 0) is 0 Å². The molecule has 2 aromatic rings. The molecule has 0 aliphatic carbocycles. The first kappa shape index (κ1) is 13.7. The van der Waals surface area contributed by atoms with Crippen molar-refractivity contribution in [2.75, 3.05) is 25.1 Å². The number of rotatable bonds is 4. The molecule has 0 atom stereocenters. The largest absolute Gasteiger partial charge is 0.490 e. The molecule has 0 saturated carbocycles. The zero-order valence-corrected chi connectivity index (χ0v) is 12.1. The summed E-state index contributed by atoms with van der Waals surface area (Å²) in [6.07, 6.45) is 5.45. The van der Waals surface area contributed by atoms with Gasteiger partial charge >= 0.3 is 0 Å². The van der Waals surface area contributed by atoms with Crippen molar-refractivity contribution in [2.45, 2.75) is 19.8 Å². The summed E-state index contributed by atoms with van der Waals surface area (Å²) >= 11 is 0. The third kappa shape index (κ3) is 3.24. The van der Waals surface area contributed by atoms with Crippen LogP contribution in [0.2, 0.25) is 0 Å². The summed E-state index contributed by atoms with van der Waals surface area (Å²) in [5.41, 5.74) is 1.80. The van der Waals surface area contributed by atoms with Crippen LogP contribution in [0.15, 0.2) is 30.6 Å². The van der Waals surface area contributed by atoms with Gasteiger partial charge in [0.25, 0.3) is 0 Å². The van der Waals surface area contributed by atoms with Crippen LogP contribution in [-0.4, -0.2) is 29.7 Å². The number of ether oxygens (including phenoxy) is 2. The molecule has 1 aliphatic rings. The van der Waals surface area contributed by atoms with Gasteiger partial charge < -0.3 is 14.8 Å². The van der Waals surface area contributed by atoms with E-state index < -0.39 is 0 Å². The van der Waals surface area contributed by atoms with Gasteiger partial charge in [0.05, 0.1) is 31.3 Å². The van der Waals surface area contributed by atoms with E-state index in [-0.39, 0.29) is 0 Å². The second kappa shape index (κ2) is 6.43. The minimum atomic E-state index is 0.681. The number of fused-ring (bicyclic) bond motifs is 1. The van der Waals surface area contributed by atoms with E-state index in [0.29, 0.717) is 13.2 Å². The Bertz CT molecular complexity index is 616. The van der Waals surface area contributed by atoms with Gasteiger partial charge in [0.2, 0.25) is 0 Å². The number of aromatic nitrogens is 2. The van der Waals surface area contributed by atoms with Crippen LogP contribution < -0.4 is 14.8 Å². The van der Waals surface area contributed by atoms with E-state index in [2.05, 4.69) is 22.2 Å². The van der Waals surface area contributed by atoms with Crippen molar-refractivity contribution >= 4 is 5.82 Å². The van der Waals surface area contributed by atoms with Gasteiger partial charge in [-0.05, 0) is 24.6 Å². The van der Waals surface area contributed by atoms with Crippen molar-refractivity contribution in [2.24, 2.45) is 0 Å². The van der Waals surface area contributed by atoms with Crippen LogP contribution >= 0.6 is 0 Å². The van der Waals surface area contributed by atoms with E-state index in [1.54, 1.807) is 12.4 Å². The van der Waals surface area contributed by atoms with Gasteiger partial charge in [0, 0.05) is 18.5 Å². The van der Waals surface area contributed by atoms with Crippen molar-refractivity contribution in [3.05, 3.63) is 30.6 Å². The lowest BCUT2D eigenvalue weighted by Gasteiger charge is -2.10. The summed E-state index contributed by atoms with van der Waals surface area (Å²) in [5, 5.41) is 3.25. The highest BCUT2D eigenvalue weighted by Crippen LogP contribution is 2.33. The number of hydrogen-bond acceptors (Lipinski definition) is 5. The van der Waals surface area contributed by atoms with Gasteiger partial charge in [0.1, 0.15) is 5.82 Å². The molecule has 0 spiro atoms. The van der Waals surface area contributed by atoms with Crippen molar-refractivity contribution < 1.29 is 9.47 Å². The quantitative estimate of drug-likeness (QED) is 0.935. The van der Waals surface area contributed by atoms with E-state index in [9.17, 15) is 0 Å². The number of nitrogens with one attached hydrogen (secondary N) is 1. The van der Waals surface area contributed by atoms with Gasteiger partial charge in [-0.3, -0.25) is 4.98 Å². The molecule has 2 heterocycles. The molecular weight excluding hydrogens is 266 g/mol. The van der Waals surface area contributed by atoms with E-state index >= 15 is 0 Å². The third-order valence-corrected chi connectivity index (χ3v) is 3.23. The van der Waals surface area contributed by atoms with E-state index in [1.165, 1.54) is 0 Å². The Morgan fingerprint density at radius 1 is 1.14 bits per heavy atom. The number of anilines is 1. The molecule has 1 N–H and O–H groups in total. The Hall–Kier alpha value is -2.30. The maximum atomic E-state index is 5.72. The average Bonchev–Trinajstić information content (AvgIpc) is 2.77. The number of nitrogens with zero attached hydrogens (tertiary/aromatic N) is 2. The predicted molar refractivity (Wildman–Crippen MR) is 81.9 cm³/mol. The first-order valence-corrected chi connectivity index (χ1v) is 7.33. The minimum Gasteiger partial charge on any atom is -0.490 e. The maximum absolute atomic E-state index is 5.72. The minimum absolute atomic E-state index is 0.681. The molecule has 0 fully saturated rings. The second-order valence-corrected chi connectivity index (χ2v) is 4.93. The number of hydrogen-bond donors (Lipinski definition) is 1. The summed E-state index contributed by atoms with van der Waals surface area (Å²) in [5.74, 6) is 2.37. The lowest BCUT2D eigenvalue weighted by Crippen LogP contribution is -2.03. The maximum Gasteiger partial charge on any atom is 0.161 e. The fourth-order valence-electron chi connectivity index (χ4n) is 2.17. The van der Waals surface area contributed by atoms with E-state index in [1.807, 2.05) is 18.2 Å². The summed E-state index contributed by atoms with van der Waals surface area (Å²) in [4.78, 5) is 8.83. The Morgan fingerprint density at radius 3 is 2.86 bits per heavy atom. The first-order chi connectivity index (χ1) is 10.4. The fourth-order valence-corrected chi connectivity index (χ4v) is 2.17. The smallest absolute Gasteiger partial charge is 0.161 e. The van der Waals surface area contributed by atoms with Gasteiger partial charge in [-0.15, -0.1) is 0 Å². The predicted octanol–water partition coefficient (Wildman–Crippen LogP) is 3.13. The molecule has 0 unspecified atom stereocenters. The topological polar surface area (TPSA) is 56.3 Å². The summed E-state index contributed by atoms with van der Waals surface area (Å²) in [6.45, 7) is 4.39.